The minimum Gasteiger partial charge on any atom is -0.606 e. The molecular weight excluding hydrogens is 291 g/mol. The Balaban J connectivity index is 2.44. The number of hydrogen-bond acceptors (Lipinski definition) is 3. The molecule has 2 aromatic carbocycles. The Morgan fingerprint density at radius 2 is 1.61 bits per heavy atom. The Morgan fingerprint density at radius 3 is 2.22 bits per heavy atom. The third-order valence-corrected chi connectivity index (χ3v) is 4.51. The molecule has 6 heteroatoms. The molecule has 0 saturated carbocycles. The molecule has 94 valence electrons. The summed E-state index contributed by atoms with van der Waals surface area (Å²) in [4.78, 5) is 0.950. The lowest BCUT2D eigenvalue weighted by Gasteiger charge is -2.13. The standard InChI is InChI=1S/C12H10Cl2N2OS/c13-7-1-3-12(10(16)5-7)18(17)11-4-2-8(15)6-9(11)14/h1-6H,15-16H2. The highest BCUT2D eigenvalue weighted by Gasteiger charge is 2.21. The molecule has 0 aliphatic rings. The zero-order chi connectivity index (χ0) is 13.3. The summed E-state index contributed by atoms with van der Waals surface area (Å²) < 4.78 is 12.4. The average Bonchev–Trinajstić information content (AvgIpc) is 2.28. The maximum atomic E-state index is 12.4. The maximum Gasteiger partial charge on any atom is 0.181 e. The molecule has 0 aliphatic heterocycles. The van der Waals surface area contributed by atoms with Crippen molar-refractivity contribution in [3.05, 3.63) is 46.4 Å². The van der Waals surface area contributed by atoms with Crippen LogP contribution in [-0.2, 0) is 11.2 Å². The first kappa shape index (κ1) is 13.4. The molecule has 1 atom stereocenters. The quantitative estimate of drug-likeness (QED) is 0.660. The van der Waals surface area contributed by atoms with Crippen LogP contribution in [-0.4, -0.2) is 4.55 Å². The fraction of sp³-hybridized carbons (Fsp3) is 0. The van der Waals surface area contributed by atoms with Crippen LogP contribution in [0.2, 0.25) is 10.0 Å². The highest BCUT2D eigenvalue weighted by Crippen LogP contribution is 2.32. The second kappa shape index (κ2) is 5.28. The number of halogens is 2. The number of anilines is 2. The number of nitrogens with two attached hydrogens (primary N) is 2. The SMILES string of the molecule is Nc1ccc([S+]([O-])c2ccc(Cl)cc2N)c(Cl)c1. The number of rotatable bonds is 2. The summed E-state index contributed by atoms with van der Waals surface area (Å²) in [5, 5.41) is 0.847. The molecule has 0 fully saturated rings. The fourth-order valence-electron chi connectivity index (χ4n) is 1.47. The normalized spacial score (nSPS) is 12.4. The Morgan fingerprint density at radius 1 is 0.944 bits per heavy atom. The largest absolute Gasteiger partial charge is 0.606 e. The van der Waals surface area contributed by atoms with Crippen molar-refractivity contribution in [2.75, 3.05) is 11.5 Å². The Labute approximate surface area is 118 Å². The molecule has 0 spiro atoms. The molecule has 3 nitrogen and oxygen atoms in total. The zero-order valence-electron chi connectivity index (χ0n) is 9.19. The molecule has 1 unspecified atom stereocenters. The summed E-state index contributed by atoms with van der Waals surface area (Å²) >= 11 is 10.4. The van der Waals surface area contributed by atoms with Crippen molar-refractivity contribution >= 4 is 45.8 Å². The van der Waals surface area contributed by atoms with Crippen molar-refractivity contribution in [3.8, 4) is 0 Å². The zero-order valence-corrected chi connectivity index (χ0v) is 11.5. The summed E-state index contributed by atoms with van der Waals surface area (Å²) in [5.74, 6) is 0. The predicted molar refractivity (Wildman–Crippen MR) is 76.4 cm³/mol. The van der Waals surface area contributed by atoms with Crippen LogP contribution < -0.4 is 11.5 Å². The first-order valence-corrected chi connectivity index (χ1v) is 6.91. The van der Waals surface area contributed by atoms with Gasteiger partial charge in [-0.2, -0.15) is 0 Å². The Hall–Kier alpha value is -1.07. The summed E-state index contributed by atoms with van der Waals surface area (Å²) in [6.07, 6.45) is 0. The van der Waals surface area contributed by atoms with Crippen LogP contribution >= 0.6 is 23.2 Å². The number of nitrogen functional groups attached to an aromatic ring is 2. The van der Waals surface area contributed by atoms with Crippen LogP contribution in [0.25, 0.3) is 0 Å². The van der Waals surface area contributed by atoms with Gasteiger partial charge in [-0.05, 0) is 36.4 Å². The maximum absolute atomic E-state index is 12.4. The molecule has 0 amide bonds. The predicted octanol–water partition coefficient (Wildman–Crippen LogP) is 3.32. The minimum atomic E-state index is -1.46. The van der Waals surface area contributed by atoms with Gasteiger partial charge in [0.25, 0.3) is 0 Å². The van der Waals surface area contributed by atoms with Crippen molar-refractivity contribution in [1.82, 2.24) is 0 Å². The minimum absolute atomic E-state index is 0.350. The van der Waals surface area contributed by atoms with E-state index in [1.165, 1.54) is 0 Å². The summed E-state index contributed by atoms with van der Waals surface area (Å²) in [6.45, 7) is 0. The van der Waals surface area contributed by atoms with E-state index >= 15 is 0 Å². The first-order valence-electron chi connectivity index (χ1n) is 5.01. The van der Waals surface area contributed by atoms with E-state index in [0.29, 0.717) is 31.2 Å². The van der Waals surface area contributed by atoms with E-state index in [1.807, 2.05) is 0 Å². The van der Waals surface area contributed by atoms with Gasteiger partial charge in [-0.25, -0.2) is 0 Å². The fourth-order valence-corrected chi connectivity index (χ4v) is 3.18. The molecule has 2 aromatic rings. The lowest BCUT2D eigenvalue weighted by molar-refractivity contribution is 0.595. The molecule has 2 rings (SSSR count). The van der Waals surface area contributed by atoms with Gasteiger partial charge in [0.2, 0.25) is 0 Å². The van der Waals surface area contributed by atoms with Crippen LogP contribution in [0, 0.1) is 0 Å². The van der Waals surface area contributed by atoms with Crippen LogP contribution in [0.1, 0.15) is 0 Å². The van der Waals surface area contributed by atoms with Crippen LogP contribution in [0.4, 0.5) is 11.4 Å². The van der Waals surface area contributed by atoms with Crippen LogP contribution in [0.5, 0.6) is 0 Å². The second-order valence-corrected chi connectivity index (χ2v) is 5.90. The average molecular weight is 301 g/mol. The molecule has 0 heterocycles. The van der Waals surface area contributed by atoms with Crippen LogP contribution in [0.3, 0.4) is 0 Å². The van der Waals surface area contributed by atoms with Gasteiger partial charge in [0.05, 0.1) is 10.7 Å². The van der Waals surface area contributed by atoms with E-state index in [-0.39, 0.29) is 0 Å². The van der Waals surface area contributed by atoms with E-state index in [0.717, 1.165) is 0 Å². The van der Waals surface area contributed by atoms with Gasteiger partial charge in [0, 0.05) is 21.9 Å². The van der Waals surface area contributed by atoms with Gasteiger partial charge in [0.15, 0.2) is 9.79 Å². The second-order valence-electron chi connectivity index (χ2n) is 3.64. The molecule has 0 radical (unpaired) electrons. The summed E-state index contributed by atoms with van der Waals surface area (Å²) in [6, 6.07) is 9.64. The van der Waals surface area contributed by atoms with Crippen molar-refractivity contribution in [2.24, 2.45) is 0 Å². The topological polar surface area (TPSA) is 75.1 Å². The smallest absolute Gasteiger partial charge is 0.181 e. The molecule has 0 saturated heterocycles. The van der Waals surface area contributed by atoms with Crippen molar-refractivity contribution < 1.29 is 4.55 Å². The molecule has 4 N–H and O–H groups in total. The lowest BCUT2D eigenvalue weighted by Crippen LogP contribution is -2.06. The lowest BCUT2D eigenvalue weighted by atomic mass is 10.3. The van der Waals surface area contributed by atoms with Crippen LogP contribution in [0.15, 0.2) is 46.2 Å². The highest BCUT2D eigenvalue weighted by molar-refractivity contribution is 7.91. The molecule has 18 heavy (non-hydrogen) atoms. The number of hydrogen-bond donors (Lipinski definition) is 2. The van der Waals surface area contributed by atoms with E-state index in [4.69, 9.17) is 34.7 Å². The van der Waals surface area contributed by atoms with E-state index in [2.05, 4.69) is 0 Å². The van der Waals surface area contributed by atoms with E-state index in [1.54, 1.807) is 36.4 Å². The van der Waals surface area contributed by atoms with Gasteiger partial charge >= 0.3 is 0 Å². The van der Waals surface area contributed by atoms with Gasteiger partial charge in [0.1, 0.15) is 0 Å². The molecular formula is C12H10Cl2N2OS. The molecule has 0 aliphatic carbocycles. The number of benzene rings is 2. The van der Waals surface area contributed by atoms with Crippen molar-refractivity contribution in [1.29, 1.82) is 0 Å². The molecule has 0 bridgehead atoms. The Kier molecular flexibility index (Phi) is 3.92. The molecule has 0 aromatic heterocycles. The highest BCUT2D eigenvalue weighted by atomic mass is 35.5. The van der Waals surface area contributed by atoms with Gasteiger partial charge in [-0.1, -0.05) is 23.2 Å². The Bertz CT molecular complexity index is 541. The van der Waals surface area contributed by atoms with Gasteiger partial charge in [-0.15, -0.1) is 0 Å². The summed E-state index contributed by atoms with van der Waals surface area (Å²) in [5.41, 5.74) is 12.3. The van der Waals surface area contributed by atoms with E-state index < -0.39 is 11.2 Å². The third kappa shape index (κ3) is 2.67. The third-order valence-electron chi connectivity index (χ3n) is 2.33. The van der Waals surface area contributed by atoms with Gasteiger partial charge in [-0.3, -0.25) is 0 Å². The van der Waals surface area contributed by atoms with Crippen molar-refractivity contribution in [2.45, 2.75) is 9.79 Å². The summed E-state index contributed by atoms with van der Waals surface area (Å²) in [7, 11) is 0. The first-order chi connectivity index (χ1) is 8.49. The van der Waals surface area contributed by atoms with E-state index in [9.17, 15) is 4.55 Å². The van der Waals surface area contributed by atoms with Crippen molar-refractivity contribution in [3.63, 3.8) is 0 Å². The van der Waals surface area contributed by atoms with Gasteiger partial charge < -0.3 is 16.0 Å². The monoisotopic (exact) mass is 300 g/mol.